The van der Waals surface area contributed by atoms with E-state index >= 15 is 0 Å². The zero-order valence-electron chi connectivity index (χ0n) is 10.4. The summed E-state index contributed by atoms with van der Waals surface area (Å²) in [5.74, 6) is -0.674. The standard InChI is InChI=1S/C14H8F4N2O/c15-9-3-1-2-8(12(9)19)13-20-10-6-7(14(16,17)18)4-5-11(10)21-13/h1-6H,19H2. The molecule has 0 fully saturated rings. The topological polar surface area (TPSA) is 52.0 Å². The molecule has 1 aromatic heterocycles. The first-order valence-corrected chi connectivity index (χ1v) is 5.88. The summed E-state index contributed by atoms with van der Waals surface area (Å²) < 4.78 is 56.6. The highest BCUT2D eigenvalue weighted by Gasteiger charge is 2.31. The Bertz CT molecular complexity index is 823. The van der Waals surface area contributed by atoms with Crippen LogP contribution in [0.2, 0.25) is 0 Å². The van der Waals surface area contributed by atoms with E-state index in [-0.39, 0.29) is 28.2 Å². The van der Waals surface area contributed by atoms with Crippen molar-refractivity contribution in [3.63, 3.8) is 0 Å². The van der Waals surface area contributed by atoms with E-state index in [2.05, 4.69) is 4.98 Å². The quantitative estimate of drug-likeness (QED) is 0.540. The molecule has 0 saturated carbocycles. The smallest absolute Gasteiger partial charge is 0.416 e. The fourth-order valence-electron chi connectivity index (χ4n) is 1.94. The van der Waals surface area contributed by atoms with Crippen molar-refractivity contribution in [3.8, 4) is 11.5 Å². The van der Waals surface area contributed by atoms with Gasteiger partial charge in [-0.15, -0.1) is 0 Å². The van der Waals surface area contributed by atoms with Crippen LogP contribution >= 0.6 is 0 Å². The first kappa shape index (κ1) is 13.4. The SMILES string of the molecule is Nc1c(F)cccc1-c1nc2cc(C(F)(F)F)ccc2o1. The first-order chi connectivity index (χ1) is 9.86. The number of nitrogen functional groups attached to an aromatic ring is 1. The monoisotopic (exact) mass is 296 g/mol. The van der Waals surface area contributed by atoms with Crippen LogP contribution in [0.3, 0.4) is 0 Å². The molecule has 3 nitrogen and oxygen atoms in total. The van der Waals surface area contributed by atoms with Gasteiger partial charge in [-0.3, -0.25) is 0 Å². The van der Waals surface area contributed by atoms with Crippen LogP contribution in [0.15, 0.2) is 40.8 Å². The molecule has 2 N–H and O–H groups in total. The maximum absolute atomic E-state index is 13.4. The number of hydrogen-bond acceptors (Lipinski definition) is 3. The number of para-hydroxylation sites is 1. The first-order valence-electron chi connectivity index (χ1n) is 5.88. The molecule has 1 heterocycles. The van der Waals surface area contributed by atoms with Crippen LogP contribution in [0.4, 0.5) is 23.2 Å². The van der Waals surface area contributed by atoms with Crippen LogP contribution in [0.1, 0.15) is 5.56 Å². The summed E-state index contributed by atoms with van der Waals surface area (Å²) in [6.07, 6.45) is -4.47. The van der Waals surface area contributed by atoms with Gasteiger partial charge in [-0.2, -0.15) is 13.2 Å². The minimum Gasteiger partial charge on any atom is -0.436 e. The van der Waals surface area contributed by atoms with Crippen molar-refractivity contribution in [2.24, 2.45) is 0 Å². The second kappa shape index (κ2) is 4.47. The van der Waals surface area contributed by atoms with E-state index in [1.807, 2.05) is 0 Å². The van der Waals surface area contributed by atoms with Gasteiger partial charge in [-0.25, -0.2) is 9.37 Å². The molecule has 7 heteroatoms. The highest BCUT2D eigenvalue weighted by Crippen LogP contribution is 2.34. The number of fused-ring (bicyclic) bond motifs is 1. The van der Waals surface area contributed by atoms with Crippen LogP contribution in [0.25, 0.3) is 22.6 Å². The van der Waals surface area contributed by atoms with Crippen LogP contribution < -0.4 is 5.73 Å². The molecule has 108 valence electrons. The second-order valence-electron chi connectivity index (χ2n) is 4.40. The zero-order valence-corrected chi connectivity index (χ0v) is 10.4. The Morgan fingerprint density at radius 3 is 2.57 bits per heavy atom. The molecule has 3 aromatic rings. The number of halogens is 4. The Morgan fingerprint density at radius 2 is 1.86 bits per heavy atom. The molecule has 3 rings (SSSR count). The third-order valence-corrected chi connectivity index (χ3v) is 3.00. The number of aromatic nitrogens is 1. The summed E-state index contributed by atoms with van der Waals surface area (Å²) in [6.45, 7) is 0. The molecule has 0 bridgehead atoms. The molecule has 2 aromatic carbocycles. The third kappa shape index (κ3) is 2.31. The predicted octanol–water partition coefficient (Wildman–Crippen LogP) is 4.23. The van der Waals surface area contributed by atoms with Crippen molar-refractivity contribution in [2.75, 3.05) is 5.73 Å². The lowest BCUT2D eigenvalue weighted by molar-refractivity contribution is -0.137. The summed E-state index contributed by atoms with van der Waals surface area (Å²) in [5, 5.41) is 0. The van der Waals surface area contributed by atoms with Gasteiger partial charge in [0.25, 0.3) is 0 Å². The maximum atomic E-state index is 13.4. The molecular weight excluding hydrogens is 288 g/mol. The average molecular weight is 296 g/mol. The van der Waals surface area contributed by atoms with E-state index in [4.69, 9.17) is 10.2 Å². The van der Waals surface area contributed by atoms with Crippen molar-refractivity contribution >= 4 is 16.8 Å². The number of alkyl halides is 3. The average Bonchev–Trinajstić information content (AvgIpc) is 2.83. The number of nitrogens with zero attached hydrogens (tertiary/aromatic N) is 1. The highest BCUT2D eigenvalue weighted by atomic mass is 19.4. The van der Waals surface area contributed by atoms with E-state index in [9.17, 15) is 17.6 Å². The van der Waals surface area contributed by atoms with E-state index in [0.29, 0.717) is 0 Å². The lowest BCUT2D eigenvalue weighted by atomic mass is 10.2. The predicted molar refractivity (Wildman–Crippen MR) is 68.8 cm³/mol. The molecule has 0 aliphatic carbocycles. The molecule has 0 saturated heterocycles. The van der Waals surface area contributed by atoms with Crippen LogP contribution in [-0.4, -0.2) is 4.98 Å². The maximum Gasteiger partial charge on any atom is 0.416 e. The Kier molecular flexibility index (Phi) is 2.86. The van der Waals surface area contributed by atoms with Gasteiger partial charge >= 0.3 is 6.18 Å². The Labute approximate surface area is 116 Å². The molecule has 0 unspecified atom stereocenters. The molecule has 21 heavy (non-hydrogen) atoms. The van der Waals surface area contributed by atoms with Crippen LogP contribution in [-0.2, 0) is 6.18 Å². The van der Waals surface area contributed by atoms with Crippen molar-refractivity contribution in [2.45, 2.75) is 6.18 Å². The number of oxazole rings is 1. The molecule has 0 aliphatic rings. The molecule has 0 aliphatic heterocycles. The van der Waals surface area contributed by atoms with Gasteiger partial charge in [0.15, 0.2) is 5.58 Å². The number of hydrogen-bond donors (Lipinski definition) is 1. The summed E-state index contributed by atoms with van der Waals surface area (Å²) in [5.41, 5.74) is 4.98. The molecule has 0 radical (unpaired) electrons. The van der Waals surface area contributed by atoms with E-state index in [1.165, 1.54) is 24.3 Å². The minimum atomic E-state index is -4.47. The van der Waals surface area contributed by atoms with Gasteiger partial charge in [0, 0.05) is 0 Å². The number of anilines is 1. The van der Waals surface area contributed by atoms with Crippen LogP contribution in [0.5, 0.6) is 0 Å². The third-order valence-electron chi connectivity index (χ3n) is 3.00. The van der Waals surface area contributed by atoms with Crippen molar-refractivity contribution in [1.82, 2.24) is 4.98 Å². The highest BCUT2D eigenvalue weighted by molar-refractivity contribution is 5.80. The fraction of sp³-hybridized carbons (Fsp3) is 0.0714. The largest absolute Gasteiger partial charge is 0.436 e. The lowest BCUT2D eigenvalue weighted by Gasteiger charge is -2.04. The number of benzene rings is 2. The Hall–Kier alpha value is -2.57. The van der Waals surface area contributed by atoms with Gasteiger partial charge < -0.3 is 10.2 Å². The minimum absolute atomic E-state index is 0.0266. The second-order valence-corrected chi connectivity index (χ2v) is 4.40. The van der Waals surface area contributed by atoms with Gasteiger partial charge in [-0.1, -0.05) is 6.07 Å². The van der Waals surface area contributed by atoms with Gasteiger partial charge in [-0.05, 0) is 30.3 Å². The molecule has 0 spiro atoms. The van der Waals surface area contributed by atoms with Crippen molar-refractivity contribution in [1.29, 1.82) is 0 Å². The van der Waals surface area contributed by atoms with E-state index in [0.717, 1.165) is 12.1 Å². The number of rotatable bonds is 1. The van der Waals surface area contributed by atoms with Crippen molar-refractivity contribution < 1.29 is 22.0 Å². The Morgan fingerprint density at radius 1 is 1.10 bits per heavy atom. The van der Waals surface area contributed by atoms with Crippen molar-refractivity contribution in [3.05, 3.63) is 47.8 Å². The summed E-state index contributed by atoms with van der Waals surface area (Å²) in [6, 6.07) is 7.00. The number of nitrogens with two attached hydrogens (primary N) is 1. The summed E-state index contributed by atoms with van der Waals surface area (Å²) in [7, 11) is 0. The van der Waals surface area contributed by atoms with Gasteiger partial charge in [0.2, 0.25) is 5.89 Å². The zero-order chi connectivity index (χ0) is 15.2. The van der Waals surface area contributed by atoms with Gasteiger partial charge in [0.1, 0.15) is 11.3 Å². The fourth-order valence-corrected chi connectivity index (χ4v) is 1.94. The van der Waals surface area contributed by atoms with E-state index < -0.39 is 17.6 Å². The van der Waals surface area contributed by atoms with Crippen LogP contribution in [0, 0.1) is 5.82 Å². The van der Waals surface area contributed by atoms with E-state index in [1.54, 1.807) is 0 Å². The molecule has 0 amide bonds. The Balaban J connectivity index is 2.15. The summed E-state index contributed by atoms with van der Waals surface area (Å²) in [4.78, 5) is 3.95. The summed E-state index contributed by atoms with van der Waals surface area (Å²) >= 11 is 0. The molecular formula is C14H8F4N2O. The normalized spacial score (nSPS) is 12.0. The molecule has 0 atom stereocenters. The van der Waals surface area contributed by atoms with Gasteiger partial charge in [0.05, 0.1) is 16.8 Å². The lowest BCUT2D eigenvalue weighted by Crippen LogP contribution is -2.03.